The first kappa shape index (κ1) is 19.0. The summed E-state index contributed by atoms with van der Waals surface area (Å²) in [7, 11) is -10.1. The molecule has 0 unspecified atom stereocenters. The molecule has 0 saturated heterocycles. The number of anilines is 1. The summed E-state index contributed by atoms with van der Waals surface area (Å²) in [5, 5.41) is 13.0. The maximum Gasteiger partial charge on any atom is 0.466 e. The van der Waals surface area contributed by atoms with E-state index in [4.69, 9.17) is 4.18 Å². The zero-order valence-corrected chi connectivity index (χ0v) is 15.9. The summed E-state index contributed by atoms with van der Waals surface area (Å²) in [4.78, 5) is 12.5. The van der Waals surface area contributed by atoms with E-state index >= 15 is 0 Å². The van der Waals surface area contributed by atoms with Crippen molar-refractivity contribution < 1.29 is 38.7 Å². The van der Waals surface area contributed by atoms with Crippen molar-refractivity contribution >= 4 is 43.2 Å². The summed E-state index contributed by atoms with van der Waals surface area (Å²) in [6, 6.07) is 12.8. The van der Waals surface area contributed by atoms with Crippen LogP contribution in [-0.4, -0.2) is 27.8 Å². The minimum atomic E-state index is -5.03. The van der Waals surface area contributed by atoms with Crippen LogP contribution in [0.3, 0.4) is 0 Å². The molecule has 3 aromatic rings. The van der Waals surface area contributed by atoms with Gasteiger partial charge in [0.15, 0.2) is 5.75 Å². The van der Waals surface area contributed by atoms with Gasteiger partial charge in [-0.25, -0.2) is 0 Å². The number of fused-ring (bicyclic) bond motifs is 1. The SMILES string of the molecule is O=C(Nc1ccc2c3cc(cc(O)c13)OS(=O)(=O)OS(=O)(=O)O2)c1ccccc1. The lowest BCUT2D eigenvalue weighted by atomic mass is 10.1. The predicted octanol–water partition coefficient (Wildman–Crippen LogP) is 2.08. The Balaban J connectivity index is 1.88. The van der Waals surface area contributed by atoms with Crippen molar-refractivity contribution in [2.75, 3.05) is 5.32 Å². The number of aromatic hydroxyl groups is 1. The lowest BCUT2D eigenvalue weighted by Crippen LogP contribution is -2.21. The highest BCUT2D eigenvalue weighted by atomic mass is 32.3. The van der Waals surface area contributed by atoms with Gasteiger partial charge in [0.1, 0.15) is 11.5 Å². The van der Waals surface area contributed by atoms with E-state index in [2.05, 4.69) is 13.1 Å². The number of carbonyl (C=O) groups is 1. The second kappa shape index (κ2) is 6.62. The maximum atomic E-state index is 12.5. The van der Waals surface area contributed by atoms with Gasteiger partial charge < -0.3 is 18.8 Å². The smallest absolute Gasteiger partial charge is 0.466 e. The Hall–Kier alpha value is -3.35. The van der Waals surface area contributed by atoms with Gasteiger partial charge >= 0.3 is 20.8 Å². The van der Waals surface area contributed by atoms with Crippen molar-refractivity contribution in [2.24, 2.45) is 0 Å². The molecule has 0 aliphatic carbocycles. The van der Waals surface area contributed by atoms with E-state index in [1.165, 1.54) is 12.1 Å². The number of nitrogens with one attached hydrogen (secondary N) is 1. The Labute approximate surface area is 164 Å². The Morgan fingerprint density at radius 3 is 2.31 bits per heavy atom. The van der Waals surface area contributed by atoms with E-state index in [9.17, 15) is 26.7 Å². The van der Waals surface area contributed by atoms with Gasteiger partial charge in [-0.1, -0.05) is 21.8 Å². The van der Waals surface area contributed by atoms with Gasteiger partial charge in [-0.05, 0) is 30.3 Å². The zero-order valence-electron chi connectivity index (χ0n) is 14.2. The molecule has 150 valence electrons. The summed E-state index contributed by atoms with van der Waals surface area (Å²) >= 11 is 0. The highest BCUT2D eigenvalue weighted by molar-refractivity contribution is 7.95. The molecule has 29 heavy (non-hydrogen) atoms. The van der Waals surface area contributed by atoms with Crippen molar-refractivity contribution in [3.63, 3.8) is 0 Å². The van der Waals surface area contributed by atoms with Crippen LogP contribution >= 0.6 is 0 Å². The fraction of sp³-hybridized carbons (Fsp3) is 0. The molecule has 4 rings (SSSR count). The number of phenolic OH excluding ortho intramolecular Hbond substituents is 1. The monoisotopic (exact) mass is 437 g/mol. The normalized spacial score (nSPS) is 16.7. The Bertz CT molecular complexity index is 1350. The van der Waals surface area contributed by atoms with Gasteiger partial charge in [-0.2, -0.15) is 16.8 Å². The summed E-state index contributed by atoms with van der Waals surface area (Å²) in [5.41, 5.74) is 0.478. The van der Waals surface area contributed by atoms with E-state index in [0.29, 0.717) is 5.56 Å². The number of rotatable bonds is 2. The Kier molecular flexibility index (Phi) is 4.33. The van der Waals surface area contributed by atoms with Crippen molar-refractivity contribution in [3.05, 3.63) is 60.2 Å². The molecule has 2 bridgehead atoms. The minimum absolute atomic E-state index is 0.00799. The lowest BCUT2D eigenvalue weighted by Gasteiger charge is -2.13. The van der Waals surface area contributed by atoms with E-state index in [-0.39, 0.29) is 22.2 Å². The van der Waals surface area contributed by atoms with E-state index in [1.807, 2.05) is 0 Å². The molecule has 0 fully saturated rings. The lowest BCUT2D eigenvalue weighted by molar-refractivity contribution is 0.102. The third-order valence-electron chi connectivity index (χ3n) is 3.87. The first-order valence-electron chi connectivity index (χ1n) is 7.90. The molecule has 0 saturated carbocycles. The van der Waals surface area contributed by atoms with Gasteiger partial charge in [-0.15, -0.1) is 0 Å². The molecular weight excluding hydrogens is 426 g/mol. The van der Waals surface area contributed by atoms with Gasteiger partial charge in [0, 0.05) is 17.0 Å². The topological polar surface area (TPSA) is 145 Å². The second-order valence-corrected chi connectivity index (χ2v) is 8.36. The second-order valence-electron chi connectivity index (χ2n) is 5.85. The molecule has 1 aliphatic heterocycles. The van der Waals surface area contributed by atoms with Crippen molar-refractivity contribution in [3.8, 4) is 17.2 Å². The summed E-state index contributed by atoms with van der Waals surface area (Å²) < 4.78 is 60.2. The Morgan fingerprint density at radius 1 is 0.897 bits per heavy atom. The molecule has 2 N–H and O–H groups in total. The molecule has 10 nitrogen and oxygen atoms in total. The zero-order chi connectivity index (χ0) is 20.8. The number of hydrogen-bond donors (Lipinski definition) is 2. The summed E-state index contributed by atoms with van der Waals surface area (Å²) in [6.45, 7) is 0. The standard InChI is InChI=1S/C17H11NO9S2/c19-14-9-11-8-12-15(26-29(23,24)27-28(21,22)25-11)7-6-13(16(12)14)18-17(20)10-4-2-1-3-5-10/h1-9,19H,(H,18,20). The maximum absolute atomic E-state index is 12.5. The quantitative estimate of drug-likeness (QED) is 0.615. The van der Waals surface area contributed by atoms with Crippen LogP contribution in [0.15, 0.2) is 54.6 Å². The van der Waals surface area contributed by atoms with E-state index in [1.54, 1.807) is 30.3 Å². The molecule has 0 atom stereocenters. The summed E-state index contributed by atoms with van der Waals surface area (Å²) in [6.07, 6.45) is 0. The molecule has 3 aromatic carbocycles. The van der Waals surface area contributed by atoms with Crippen LogP contribution in [0.5, 0.6) is 17.2 Å². The fourth-order valence-corrected chi connectivity index (χ4v) is 4.51. The van der Waals surface area contributed by atoms with Crippen LogP contribution in [0.4, 0.5) is 5.69 Å². The van der Waals surface area contributed by atoms with Crippen molar-refractivity contribution in [2.45, 2.75) is 0 Å². The third-order valence-corrected chi connectivity index (χ3v) is 5.98. The molecule has 12 heteroatoms. The van der Waals surface area contributed by atoms with Gasteiger partial charge in [-0.3, -0.25) is 4.79 Å². The number of phenols is 1. The minimum Gasteiger partial charge on any atom is -0.507 e. The Morgan fingerprint density at radius 2 is 1.59 bits per heavy atom. The largest absolute Gasteiger partial charge is 0.507 e. The van der Waals surface area contributed by atoms with Crippen LogP contribution in [0.2, 0.25) is 0 Å². The number of amides is 1. The number of benzene rings is 3. The van der Waals surface area contributed by atoms with Crippen molar-refractivity contribution in [1.29, 1.82) is 0 Å². The van der Waals surface area contributed by atoms with E-state index in [0.717, 1.165) is 12.1 Å². The first-order valence-corrected chi connectivity index (χ1v) is 10.6. The van der Waals surface area contributed by atoms with Crippen LogP contribution in [0.25, 0.3) is 10.8 Å². The number of carbonyl (C=O) groups excluding carboxylic acids is 1. The van der Waals surface area contributed by atoms with Crippen LogP contribution < -0.4 is 13.7 Å². The number of hydrogen-bond acceptors (Lipinski definition) is 9. The van der Waals surface area contributed by atoms with E-state index < -0.39 is 38.2 Å². The molecule has 1 amide bonds. The fourth-order valence-electron chi connectivity index (χ4n) is 2.78. The first-order chi connectivity index (χ1) is 13.6. The predicted molar refractivity (Wildman–Crippen MR) is 100 cm³/mol. The molecule has 1 heterocycles. The van der Waals surface area contributed by atoms with Gasteiger partial charge in [0.25, 0.3) is 5.91 Å². The van der Waals surface area contributed by atoms with Gasteiger partial charge in [0.05, 0.1) is 11.1 Å². The van der Waals surface area contributed by atoms with Gasteiger partial charge in [0.2, 0.25) is 0 Å². The highest BCUT2D eigenvalue weighted by Crippen LogP contribution is 2.42. The third kappa shape index (κ3) is 3.81. The molecule has 0 radical (unpaired) electrons. The highest BCUT2D eigenvalue weighted by Gasteiger charge is 2.31. The van der Waals surface area contributed by atoms with Crippen LogP contribution in [0.1, 0.15) is 10.4 Å². The average Bonchev–Trinajstić information content (AvgIpc) is 2.65. The van der Waals surface area contributed by atoms with Crippen LogP contribution in [0, 0.1) is 0 Å². The molecule has 0 aromatic heterocycles. The average molecular weight is 437 g/mol. The molecule has 1 aliphatic rings. The summed E-state index contributed by atoms with van der Waals surface area (Å²) in [5.74, 6) is -1.72. The van der Waals surface area contributed by atoms with Crippen LogP contribution in [-0.2, 0) is 24.4 Å². The van der Waals surface area contributed by atoms with Crippen molar-refractivity contribution in [1.82, 2.24) is 0 Å². The molecular formula is C17H11NO9S2. The molecule has 0 spiro atoms.